The smallest absolute Gasteiger partial charge is 0.127 e. The first-order chi connectivity index (χ1) is 8.74. The normalized spacial score (nSPS) is 11.0. The Balaban J connectivity index is 2.64. The van der Waals surface area contributed by atoms with Crippen molar-refractivity contribution in [1.82, 2.24) is 0 Å². The van der Waals surface area contributed by atoms with Gasteiger partial charge in [0.25, 0.3) is 0 Å². The van der Waals surface area contributed by atoms with Gasteiger partial charge in [-0.15, -0.1) is 0 Å². The third-order valence-electron chi connectivity index (χ3n) is 3.45. The SMILES string of the molecule is COc1cccc2c1c(C)c(O)c1ccccc12. The first kappa shape index (κ1) is 10.9. The number of aryl methyl sites for hydroxylation is 1. The molecule has 0 aliphatic rings. The van der Waals surface area contributed by atoms with Gasteiger partial charge in [0.2, 0.25) is 0 Å². The molecule has 0 saturated heterocycles. The average molecular weight is 238 g/mol. The molecule has 0 aliphatic heterocycles. The van der Waals surface area contributed by atoms with Gasteiger partial charge in [0.1, 0.15) is 11.5 Å². The molecule has 0 heterocycles. The molecule has 0 aromatic heterocycles. The third-order valence-corrected chi connectivity index (χ3v) is 3.45. The third kappa shape index (κ3) is 1.35. The lowest BCUT2D eigenvalue weighted by atomic mass is 9.96. The van der Waals surface area contributed by atoms with Gasteiger partial charge in [-0.05, 0) is 23.8 Å². The van der Waals surface area contributed by atoms with Crippen molar-refractivity contribution in [2.75, 3.05) is 7.11 Å². The Hall–Kier alpha value is -2.22. The van der Waals surface area contributed by atoms with Gasteiger partial charge in [-0.2, -0.15) is 0 Å². The number of methoxy groups -OCH3 is 1. The number of phenols is 1. The maximum Gasteiger partial charge on any atom is 0.127 e. The van der Waals surface area contributed by atoms with Crippen LogP contribution in [0.4, 0.5) is 0 Å². The maximum absolute atomic E-state index is 10.3. The number of aromatic hydroxyl groups is 1. The van der Waals surface area contributed by atoms with Crippen LogP contribution in [0, 0.1) is 6.92 Å². The zero-order chi connectivity index (χ0) is 12.7. The molecule has 18 heavy (non-hydrogen) atoms. The Kier molecular flexibility index (Phi) is 2.37. The fraction of sp³-hybridized carbons (Fsp3) is 0.125. The van der Waals surface area contributed by atoms with Crippen molar-refractivity contribution in [2.45, 2.75) is 6.92 Å². The highest BCUT2D eigenvalue weighted by atomic mass is 16.5. The van der Waals surface area contributed by atoms with Crippen molar-refractivity contribution >= 4 is 21.5 Å². The van der Waals surface area contributed by atoms with E-state index in [2.05, 4.69) is 6.07 Å². The molecule has 2 nitrogen and oxygen atoms in total. The predicted molar refractivity (Wildman–Crippen MR) is 74.4 cm³/mol. The summed E-state index contributed by atoms with van der Waals surface area (Å²) in [5.41, 5.74) is 0.862. The van der Waals surface area contributed by atoms with Crippen molar-refractivity contribution in [3.8, 4) is 11.5 Å². The van der Waals surface area contributed by atoms with Gasteiger partial charge in [-0.1, -0.05) is 36.4 Å². The number of hydrogen-bond acceptors (Lipinski definition) is 2. The molecule has 0 saturated carbocycles. The molecule has 0 aliphatic carbocycles. The zero-order valence-corrected chi connectivity index (χ0v) is 10.4. The number of fused-ring (bicyclic) bond motifs is 3. The molecular weight excluding hydrogens is 224 g/mol. The first-order valence-corrected chi connectivity index (χ1v) is 5.91. The van der Waals surface area contributed by atoms with Gasteiger partial charge >= 0.3 is 0 Å². The summed E-state index contributed by atoms with van der Waals surface area (Å²) in [6.45, 7) is 1.92. The van der Waals surface area contributed by atoms with E-state index in [1.54, 1.807) is 7.11 Å². The Morgan fingerprint density at radius 1 is 0.889 bits per heavy atom. The van der Waals surface area contributed by atoms with E-state index in [1.165, 1.54) is 0 Å². The average Bonchev–Trinajstić information content (AvgIpc) is 2.44. The van der Waals surface area contributed by atoms with E-state index >= 15 is 0 Å². The summed E-state index contributed by atoms with van der Waals surface area (Å²) in [4.78, 5) is 0. The minimum absolute atomic E-state index is 0.336. The summed E-state index contributed by atoms with van der Waals surface area (Å²) >= 11 is 0. The number of ether oxygens (including phenoxy) is 1. The Labute approximate surface area is 105 Å². The summed E-state index contributed by atoms with van der Waals surface area (Å²) < 4.78 is 5.40. The summed E-state index contributed by atoms with van der Waals surface area (Å²) in [5, 5.41) is 14.4. The van der Waals surface area contributed by atoms with Crippen LogP contribution in [-0.4, -0.2) is 12.2 Å². The highest BCUT2D eigenvalue weighted by Gasteiger charge is 2.13. The molecule has 2 heteroatoms. The van der Waals surface area contributed by atoms with Gasteiger partial charge < -0.3 is 9.84 Å². The Bertz CT molecular complexity index is 745. The van der Waals surface area contributed by atoms with Gasteiger partial charge in [0.15, 0.2) is 0 Å². The summed E-state index contributed by atoms with van der Waals surface area (Å²) in [7, 11) is 1.65. The van der Waals surface area contributed by atoms with Crippen LogP contribution < -0.4 is 4.74 Å². The van der Waals surface area contributed by atoms with E-state index in [0.29, 0.717) is 5.75 Å². The number of rotatable bonds is 1. The zero-order valence-electron chi connectivity index (χ0n) is 10.4. The highest BCUT2D eigenvalue weighted by Crippen LogP contribution is 2.40. The molecule has 0 atom stereocenters. The van der Waals surface area contributed by atoms with Gasteiger partial charge in [-0.3, -0.25) is 0 Å². The van der Waals surface area contributed by atoms with Crippen LogP contribution in [0.15, 0.2) is 42.5 Å². The molecule has 3 rings (SSSR count). The van der Waals surface area contributed by atoms with Gasteiger partial charge in [-0.25, -0.2) is 0 Å². The highest BCUT2D eigenvalue weighted by molar-refractivity contribution is 6.13. The van der Waals surface area contributed by atoms with Crippen molar-refractivity contribution in [2.24, 2.45) is 0 Å². The second-order valence-electron chi connectivity index (χ2n) is 4.40. The predicted octanol–water partition coefficient (Wildman–Crippen LogP) is 4.02. The van der Waals surface area contributed by atoms with Crippen LogP contribution in [0.5, 0.6) is 11.5 Å². The quantitative estimate of drug-likeness (QED) is 0.649. The van der Waals surface area contributed by atoms with Crippen LogP contribution in [0.1, 0.15) is 5.56 Å². The van der Waals surface area contributed by atoms with Crippen molar-refractivity contribution < 1.29 is 9.84 Å². The Morgan fingerprint density at radius 2 is 1.56 bits per heavy atom. The summed E-state index contributed by atoms with van der Waals surface area (Å²) in [5.74, 6) is 1.13. The topological polar surface area (TPSA) is 29.5 Å². The summed E-state index contributed by atoms with van der Waals surface area (Å²) in [6, 6.07) is 13.8. The second-order valence-corrected chi connectivity index (χ2v) is 4.40. The van der Waals surface area contributed by atoms with Crippen molar-refractivity contribution in [3.63, 3.8) is 0 Å². The molecule has 0 fully saturated rings. The van der Waals surface area contributed by atoms with Crippen LogP contribution in [-0.2, 0) is 0 Å². The number of benzene rings is 3. The molecule has 0 amide bonds. The van der Waals surface area contributed by atoms with Crippen molar-refractivity contribution in [1.29, 1.82) is 0 Å². The molecule has 3 aromatic carbocycles. The molecule has 0 unspecified atom stereocenters. The van der Waals surface area contributed by atoms with E-state index < -0.39 is 0 Å². The maximum atomic E-state index is 10.3. The molecule has 0 radical (unpaired) electrons. The van der Waals surface area contributed by atoms with Crippen LogP contribution in [0.2, 0.25) is 0 Å². The van der Waals surface area contributed by atoms with E-state index in [0.717, 1.165) is 32.9 Å². The fourth-order valence-electron chi connectivity index (χ4n) is 2.56. The minimum Gasteiger partial charge on any atom is -0.507 e. The molecule has 90 valence electrons. The first-order valence-electron chi connectivity index (χ1n) is 5.91. The largest absolute Gasteiger partial charge is 0.507 e. The van der Waals surface area contributed by atoms with E-state index in [4.69, 9.17) is 4.74 Å². The van der Waals surface area contributed by atoms with E-state index in [9.17, 15) is 5.11 Å². The van der Waals surface area contributed by atoms with Gasteiger partial charge in [0.05, 0.1) is 7.11 Å². The van der Waals surface area contributed by atoms with Gasteiger partial charge in [0, 0.05) is 16.3 Å². The molecule has 0 spiro atoms. The minimum atomic E-state index is 0.336. The van der Waals surface area contributed by atoms with Crippen LogP contribution in [0.3, 0.4) is 0 Å². The lowest BCUT2D eigenvalue weighted by Crippen LogP contribution is -1.89. The molecule has 3 aromatic rings. The molecule has 1 N–H and O–H groups in total. The van der Waals surface area contributed by atoms with Crippen LogP contribution in [0.25, 0.3) is 21.5 Å². The lowest BCUT2D eigenvalue weighted by molar-refractivity contribution is 0.419. The van der Waals surface area contributed by atoms with Crippen molar-refractivity contribution in [3.05, 3.63) is 48.0 Å². The Morgan fingerprint density at radius 3 is 2.28 bits per heavy atom. The number of hydrogen-bond donors (Lipinski definition) is 1. The monoisotopic (exact) mass is 238 g/mol. The second kappa shape index (κ2) is 3.91. The molecule has 0 bridgehead atoms. The van der Waals surface area contributed by atoms with E-state index in [1.807, 2.05) is 43.3 Å². The lowest BCUT2D eigenvalue weighted by Gasteiger charge is -2.13. The fourth-order valence-corrected chi connectivity index (χ4v) is 2.56. The number of phenolic OH excluding ortho intramolecular Hbond substituents is 1. The summed E-state index contributed by atoms with van der Waals surface area (Å²) in [6.07, 6.45) is 0. The van der Waals surface area contributed by atoms with E-state index in [-0.39, 0.29) is 0 Å². The standard InChI is InChI=1S/C16H14O2/c1-10-15-12(8-5-9-14(15)18-2)11-6-3-4-7-13(11)16(10)17/h3-9,17H,1-2H3. The molecular formula is C16H14O2. The van der Waals surface area contributed by atoms with Crippen LogP contribution >= 0.6 is 0 Å².